The van der Waals surface area contributed by atoms with Gasteiger partial charge in [-0.1, -0.05) is 30.3 Å². The lowest BCUT2D eigenvalue weighted by Gasteiger charge is -2.17. The Labute approximate surface area is 90.2 Å². The fourth-order valence-electron chi connectivity index (χ4n) is 1.46. The Morgan fingerprint density at radius 1 is 1.27 bits per heavy atom. The highest BCUT2D eigenvalue weighted by Gasteiger charge is 2.01. The van der Waals surface area contributed by atoms with Gasteiger partial charge in [0, 0.05) is 19.8 Å². The molecule has 75 valence electrons. The van der Waals surface area contributed by atoms with E-state index in [4.69, 9.17) is 0 Å². The first kappa shape index (κ1) is 9.71. The molecule has 0 unspecified atom stereocenters. The highest BCUT2D eigenvalue weighted by atomic mass is 15.2. The van der Waals surface area contributed by atoms with E-state index in [1.807, 2.05) is 31.3 Å². The number of nitrogens with zero attached hydrogens (tertiary/aromatic N) is 2. The van der Waals surface area contributed by atoms with Gasteiger partial charge in [0.05, 0.1) is 0 Å². The predicted molar refractivity (Wildman–Crippen MR) is 61.6 cm³/mol. The largest absolute Gasteiger partial charge is 0.355 e. The topological polar surface area (TPSA) is 16.1 Å². The first-order valence-electron chi connectivity index (χ1n) is 4.93. The van der Waals surface area contributed by atoms with Gasteiger partial charge in [-0.2, -0.15) is 0 Å². The van der Waals surface area contributed by atoms with E-state index < -0.39 is 0 Å². The Balaban J connectivity index is 2.08. The number of aromatic nitrogens is 1. The number of rotatable bonds is 3. The molecule has 1 heterocycles. The summed E-state index contributed by atoms with van der Waals surface area (Å²) in [5.74, 6) is 0.946. The van der Waals surface area contributed by atoms with Crippen molar-refractivity contribution in [1.82, 2.24) is 4.98 Å². The zero-order valence-electron chi connectivity index (χ0n) is 8.72. The number of benzene rings is 1. The first-order valence-corrected chi connectivity index (χ1v) is 4.93. The molecule has 0 aliphatic rings. The number of pyridine rings is 1. The van der Waals surface area contributed by atoms with Gasteiger partial charge in [0.15, 0.2) is 0 Å². The zero-order chi connectivity index (χ0) is 10.5. The lowest BCUT2D eigenvalue weighted by Crippen LogP contribution is -2.17. The van der Waals surface area contributed by atoms with Crippen molar-refractivity contribution in [1.29, 1.82) is 0 Å². The van der Waals surface area contributed by atoms with Crippen LogP contribution in [-0.2, 0) is 6.54 Å². The van der Waals surface area contributed by atoms with E-state index in [1.54, 1.807) is 12.3 Å². The average molecular weight is 197 g/mol. The molecule has 0 saturated carbocycles. The second-order valence-electron chi connectivity index (χ2n) is 3.46. The molecule has 0 spiro atoms. The van der Waals surface area contributed by atoms with Gasteiger partial charge in [-0.05, 0) is 23.8 Å². The third kappa shape index (κ3) is 2.56. The molecule has 15 heavy (non-hydrogen) atoms. The minimum atomic E-state index is 0.867. The minimum Gasteiger partial charge on any atom is -0.355 e. The van der Waals surface area contributed by atoms with Crippen LogP contribution in [0.3, 0.4) is 0 Å². The van der Waals surface area contributed by atoms with E-state index in [0.29, 0.717) is 0 Å². The molecule has 2 heteroatoms. The van der Waals surface area contributed by atoms with Gasteiger partial charge >= 0.3 is 0 Å². The first-order chi connectivity index (χ1) is 7.36. The van der Waals surface area contributed by atoms with Crippen molar-refractivity contribution in [3.8, 4) is 0 Å². The number of hydrogen-bond acceptors (Lipinski definition) is 2. The van der Waals surface area contributed by atoms with Crippen molar-refractivity contribution < 1.29 is 0 Å². The standard InChI is InChI=1S/C13H13N2/c1-15(13-9-5-6-10-14-13)11-12-7-3-2-4-8-12/h2-4,6-10H,11H2,1H3. The van der Waals surface area contributed by atoms with E-state index in [2.05, 4.69) is 28.1 Å². The molecule has 1 aromatic carbocycles. The normalized spacial score (nSPS) is 9.93. The molecule has 1 radical (unpaired) electrons. The van der Waals surface area contributed by atoms with Gasteiger partial charge in [-0.15, -0.1) is 0 Å². The predicted octanol–water partition coefficient (Wildman–Crippen LogP) is 2.52. The van der Waals surface area contributed by atoms with Crippen LogP contribution < -0.4 is 4.90 Å². The summed E-state index contributed by atoms with van der Waals surface area (Å²) < 4.78 is 0. The van der Waals surface area contributed by atoms with Crippen LogP contribution in [-0.4, -0.2) is 12.0 Å². The minimum absolute atomic E-state index is 0.867. The molecule has 0 fully saturated rings. The third-order valence-corrected chi connectivity index (χ3v) is 2.24. The monoisotopic (exact) mass is 197 g/mol. The lowest BCUT2D eigenvalue weighted by molar-refractivity contribution is 0.898. The Bertz CT molecular complexity index is 397. The zero-order valence-corrected chi connectivity index (χ0v) is 8.72. The maximum absolute atomic E-state index is 4.27. The van der Waals surface area contributed by atoms with E-state index >= 15 is 0 Å². The molecular formula is C13H13N2. The molecule has 0 saturated heterocycles. The molecule has 2 nitrogen and oxygen atoms in total. The molecular weight excluding hydrogens is 184 g/mol. The smallest absolute Gasteiger partial charge is 0.129 e. The van der Waals surface area contributed by atoms with Crippen LogP contribution in [0.2, 0.25) is 0 Å². The van der Waals surface area contributed by atoms with Gasteiger partial charge in [-0.25, -0.2) is 4.98 Å². The molecule has 0 N–H and O–H groups in total. The Morgan fingerprint density at radius 2 is 2.07 bits per heavy atom. The van der Waals surface area contributed by atoms with Gasteiger partial charge < -0.3 is 4.90 Å². The highest BCUT2D eigenvalue weighted by molar-refractivity contribution is 5.37. The van der Waals surface area contributed by atoms with E-state index in [0.717, 1.165) is 12.4 Å². The summed E-state index contributed by atoms with van der Waals surface area (Å²) in [6, 6.07) is 17.1. The summed E-state index contributed by atoms with van der Waals surface area (Å²) in [6.07, 6.45) is 1.76. The fraction of sp³-hybridized carbons (Fsp3) is 0.154. The lowest BCUT2D eigenvalue weighted by atomic mass is 10.2. The van der Waals surface area contributed by atoms with Crippen LogP contribution in [0.5, 0.6) is 0 Å². The van der Waals surface area contributed by atoms with Crippen LogP contribution >= 0.6 is 0 Å². The summed E-state index contributed by atoms with van der Waals surface area (Å²) in [4.78, 5) is 6.37. The van der Waals surface area contributed by atoms with Crippen LogP contribution in [0.4, 0.5) is 5.82 Å². The van der Waals surface area contributed by atoms with Crippen molar-refractivity contribution in [3.63, 3.8) is 0 Å². The van der Waals surface area contributed by atoms with Crippen LogP contribution in [0.15, 0.2) is 48.7 Å². The Kier molecular flexibility index (Phi) is 2.98. The summed E-state index contributed by atoms with van der Waals surface area (Å²) in [5.41, 5.74) is 1.28. The third-order valence-electron chi connectivity index (χ3n) is 2.24. The average Bonchev–Trinajstić information content (AvgIpc) is 2.31. The molecule has 0 amide bonds. The van der Waals surface area contributed by atoms with Crippen molar-refractivity contribution in [3.05, 3.63) is 60.3 Å². The number of anilines is 1. The van der Waals surface area contributed by atoms with Gasteiger partial charge in [-0.3, -0.25) is 0 Å². The van der Waals surface area contributed by atoms with Crippen molar-refractivity contribution in [2.75, 3.05) is 11.9 Å². The molecule has 0 bridgehead atoms. The summed E-state index contributed by atoms with van der Waals surface area (Å²) in [5, 5.41) is 0. The maximum atomic E-state index is 4.27. The molecule has 1 aromatic heterocycles. The van der Waals surface area contributed by atoms with E-state index in [1.165, 1.54) is 5.56 Å². The summed E-state index contributed by atoms with van der Waals surface area (Å²) >= 11 is 0. The molecule has 2 aromatic rings. The van der Waals surface area contributed by atoms with E-state index in [9.17, 15) is 0 Å². The highest BCUT2D eigenvalue weighted by Crippen LogP contribution is 2.10. The Morgan fingerprint density at radius 3 is 2.73 bits per heavy atom. The van der Waals surface area contributed by atoms with Crippen LogP contribution in [0.1, 0.15) is 5.56 Å². The van der Waals surface area contributed by atoms with Crippen molar-refractivity contribution in [2.24, 2.45) is 0 Å². The molecule has 0 aliphatic heterocycles. The van der Waals surface area contributed by atoms with E-state index in [-0.39, 0.29) is 0 Å². The SMILES string of the molecule is CN(Cc1ccccc1)c1c[c]ccn1. The molecule has 2 rings (SSSR count). The summed E-state index contributed by atoms with van der Waals surface area (Å²) in [6.45, 7) is 0.867. The van der Waals surface area contributed by atoms with Crippen LogP contribution in [0, 0.1) is 6.07 Å². The van der Waals surface area contributed by atoms with Crippen LogP contribution in [0.25, 0.3) is 0 Å². The summed E-state index contributed by atoms with van der Waals surface area (Å²) in [7, 11) is 2.03. The van der Waals surface area contributed by atoms with Gasteiger partial charge in [0.25, 0.3) is 0 Å². The van der Waals surface area contributed by atoms with Crippen molar-refractivity contribution in [2.45, 2.75) is 6.54 Å². The maximum Gasteiger partial charge on any atom is 0.129 e. The van der Waals surface area contributed by atoms with Crippen molar-refractivity contribution >= 4 is 5.82 Å². The quantitative estimate of drug-likeness (QED) is 0.751. The fourth-order valence-corrected chi connectivity index (χ4v) is 1.46. The molecule has 0 atom stereocenters. The van der Waals surface area contributed by atoms with Gasteiger partial charge in [0.1, 0.15) is 5.82 Å². The second kappa shape index (κ2) is 4.60. The second-order valence-corrected chi connectivity index (χ2v) is 3.46. The van der Waals surface area contributed by atoms with Gasteiger partial charge in [0.2, 0.25) is 0 Å². The molecule has 0 aliphatic carbocycles. The number of hydrogen-bond donors (Lipinski definition) is 0. The Hall–Kier alpha value is -1.83.